The number of nitrogens with zero attached hydrogens (tertiary/aromatic N) is 2. The number of rotatable bonds is 5. The molecule has 84 valence electrons. The lowest BCUT2D eigenvalue weighted by molar-refractivity contribution is 0.366. The average Bonchev–Trinajstić information content (AvgIpc) is 2.59. The van der Waals surface area contributed by atoms with Crippen molar-refractivity contribution in [1.82, 2.24) is 15.1 Å². The summed E-state index contributed by atoms with van der Waals surface area (Å²) in [5, 5.41) is 7.53. The summed E-state index contributed by atoms with van der Waals surface area (Å²) in [4.78, 5) is 0. The van der Waals surface area contributed by atoms with Crippen LogP contribution in [0.25, 0.3) is 6.20 Å². The number of hydrogen-bond donors (Lipinski definition) is 1. The topological polar surface area (TPSA) is 29.9 Å². The Morgan fingerprint density at radius 2 is 2.27 bits per heavy atom. The molecule has 0 fully saturated rings. The third kappa shape index (κ3) is 4.79. The zero-order valence-electron chi connectivity index (χ0n) is 9.95. The Morgan fingerprint density at radius 1 is 1.53 bits per heavy atom. The Balaban J connectivity index is 2.23. The van der Waals surface area contributed by atoms with E-state index < -0.39 is 0 Å². The van der Waals surface area contributed by atoms with Gasteiger partial charge in [0.1, 0.15) is 0 Å². The molecule has 0 saturated carbocycles. The predicted molar refractivity (Wildman–Crippen MR) is 64.4 cm³/mol. The fourth-order valence-corrected chi connectivity index (χ4v) is 1.26. The van der Waals surface area contributed by atoms with Crippen LogP contribution < -0.4 is 5.32 Å². The number of aromatic nitrogens is 2. The van der Waals surface area contributed by atoms with Crippen LogP contribution in [0.2, 0.25) is 0 Å². The van der Waals surface area contributed by atoms with Crippen molar-refractivity contribution in [3.8, 4) is 0 Å². The summed E-state index contributed by atoms with van der Waals surface area (Å²) in [6.45, 7) is 12.3. The molecule has 0 aliphatic carbocycles. The molecule has 1 aromatic heterocycles. The van der Waals surface area contributed by atoms with Crippen LogP contribution in [0.4, 0.5) is 0 Å². The van der Waals surface area contributed by atoms with E-state index in [-0.39, 0.29) is 0 Å². The molecular weight excluding hydrogens is 186 g/mol. The van der Waals surface area contributed by atoms with Crippen molar-refractivity contribution in [2.75, 3.05) is 6.54 Å². The van der Waals surface area contributed by atoms with Gasteiger partial charge in [0.25, 0.3) is 0 Å². The van der Waals surface area contributed by atoms with Crippen LogP contribution in [0.3, 0.4) is 0 Å². The first kappa shape index (κ1) is 12.0. The van der Waals surface area contributed by atoms with Crippen LogP contribution in [0, 0.1) is 5.41 Å². The molecule has 0 saturated heterocycles. The number of nitrogens with one attached hydrogen (secondary N) is 1. The van der Waals surface area contributed by atoms with Crippen molar-refractivity contribution in [1.29, 1.82) is 0 Å². The molecule has 0 aliphatic rings. The van der Waals surface area contributed by atoms with Gasteiger partial charge in [-0.3, -0.25) is 0 Å². The van der Waals surface area contributed by atoms with E-state index in [9.17, 15) is 0 Å². The molecule has 0 unspecified atom stereocenters. The smallest absolute Gasteiger partial charge is 0.0538 e. The molecule has 1 rings (SSSR count). The van der Waals surface area contributed by atoms with Gasteiger partial charge in [-0.05, 0) is 18.4 Å². The Morgan fingerprint density at radius 3 is 2.80 bits per heavy atom. The average molecular weight is 207 g/mol. The Bertz CT molecular complexity index is 307. The maximum Gasteiger partial charge on any atom is 0.0538 e. The van der Waals surface area contributed by atoms with Crippen molar-refractivity contribution >= 4 is 6.20 Å². The summed E-state index contributed by atoms with van der Waals surface area (Å²) >= 11 is 0. The van der Waals surface area contributed by atoms with Gasteiger partial charge in [-0.25, -0.2) is 4.68 Å². The maximum absolute atomic E-state index is 4.12. The van der Waals surface area contributed by atoms with Gasteiger partial charge < -0.3 is 5.32 Å². The van der Waals surface area contributed by atoms with Crippen LogP contribution in [-0.2, 0) is 6.54 Å². The van der Waals surface area contributed by atoms with Crippen LogP contribution >= 0.6 is 0 Å². The Labute approximate surface area is 92.2 Å². The van der Waals surface area contributed by atoms with Crippen molar-refractivity contribution in [2.45, 2.75) is 33.7 Å². The largest absolute Gasteiger partial charge is 0.313 e. The second kappa shape index (κ2) is 5.12. The fourth-order valence-electron chi connectivity index (χ4n) is 1.26. The lowest BCUT2D eigenvalue weighted by Crippen LogP contribution is -2.19. The Hall–Kier alpha value is -1.09. The molecule has 0 radical (unpaired) electrons. The first-order valence-electron chi connectivity index (χ1n) is 5.37. The fraction of sp³-hybridized carbons (Fsp3) is 0.583. The van der Waals surface area contributed by atoms with E-state index in [1.165, 1.54) is 12.0 Å². The van der Waals surface area contributed by atoms with Gasteiger partial charge in [-0.2, -0.15) is 5.10 Å². The van der Waals surface area contributed by atoms with Crippen molar-refractivity contribution < 1.29 is 0 Å². The molecule has 1 heterocycles. The molecule has 0 spiro atoms. The molecule has 15 heavy (non-hydrogen) atoms. The third-order valence-electron chi connectivity index (χ3n) is 2.22. The highest BCUT2D eigenvalue weighted by molar-refractivity contribution is 5.17. The van der Waals surface area contributed by atoms with E-state index in [0.29, 0.717) is 5.41 Å². The van der Waals surface area contributed by atoms with Crippen molar-refractivity contribution in [3.05, 3.63) is 24.5 Å². The minimum absolute atomic E-state index is 0.401. The first-order valence-corrected chi connectivity index (χ1v) is 5.37. The first-order chi connectivity index (χ1) is 7.01. The van der Waals surface area contributed by atoms with E-state index in [4.69, 9.17) is 0 Å². The molecule has 1 aromatic rings. The SMILES string of the molecule is C=Cn1cc(CNCCC(C)(C)C)cn1. The summed E-state index contributed by atoms with van der Waals surface area (Å²) < 4.78 is 1.72. The molecule has 0 atom stereocenters. The summed E-state index contributed by atoms with van der Waals surface area (Å²) in [7, 11) is 0. The predicted octanol–water partition coefficient (Wildman–Crippen LogP) is 2.51. The molecule has 1 N–H and O–H groups in total. The Kier molecular flexibility index (Phi) is 4.09. The second-order valence-electron chi connectivity index (χ2n) is 5.00. The monoisotopic (exact) mass is 207 g/mol. The number of hydrogen-bond acceptors (Lipinski definition) is 2. The summed E-state index contributed by atoms with van der Waals surface area (Å²) in [5.74, 6) is 0. The highest BCUT2D eigenvalue weighted by Crippen LogP contribution is 2.16. The van der Waals surface area contributed by atoms with Gasteiger partial charge in [-0.1, -0.05) is 27.4 Å². The van der Waals surface area contributed by atoms with Gasteiger partial charge in [0.15, 0.2) is 0 Å². The van der Waals surface area contributed by atoms with E-state index in [2.05, 4.69) is 37.8 Å². The minimum atomic E-state index is 0.401. The normalized spacial score (nSPS) is 11.7. The summed E-state index contributed by atoms with van der Waals surface area (Å²) in [6.07, 6.45) is 6.73. The van der Waals surface area contributed by atoms with Gasteiger partial charge >= 0.3 is 0 Å². The lowest BCUT2D eigenvalue weighted by Gasteiger charge is -2.17. The zero-order valence-corrected chi connectivity index (χ0v) is 9.95. The van der Waals surface area contributed by atoms with E-state index >= 15 is 0 Å². The highest BCUT2D eigenvalue weighted by atomic mass is 15.2. The highest BCUT2D eigenvalue weighted by Gasteiger charge is 2.08. The quantitative estimate of drug-likeness (QED) is 0.752. The molecule has 0 aliphatic heterocycles. The molecule has 3 heteroatoms. The second-order valence-corrected chi connectivity index (χ2v) is 5.00. The maximum atomic E-state index is 4.12. The van der Waals surface area contributed by atoms with Crippen LogP contribution in [0.1, 0.15) is 32.8 Å². The van der Waals surface area contributed by atoms with Gasteiger partial charge in [0.05, 0.1) is 6.20 Å². The van der Waals surface area contributed by atoms with Gasteiger partial charge in [0.2, 0.25) is 0 Å². The van der Waals surface area contributed by atoms with Crippen molar-refractivity contribution in [3.63, 3.8) is 0 Å². The molecule has 3 nitrogen and oxygen atoms in total. The van der Waals surface area contributed by atoms with Gasteiger partial charge in [0, 0.05) is 24.5 Å². The van der Waals surface area contributed by atoms with E-state index in [1.54, 1.807) is 10.9 Å². The van der Waals surface area contributed by atoms with Crippen molar-refractivity contribution in [2.24, 2.45) is 5.41 Å². The third-order valence-corrected chi connectivity index (χ3v) is 2.22. The van der Waals surface area contributed by atoms with Gasteiger partial charge in [-0.15, -0.1) is 0 Å². The van der Waals surface area contributed by atoms with E-state index in [1.807, 2.05) is 12.4 Å². The molecule has 0 bridgehead atoms. The standard InChI is InChI=1S/C12H21N3/c1-5-15-10-11(9-14-15)8-13-7-6-12(2,3)4/h5,9-10,13H,1,6-8H2,2-4H3. The van der Waals surface area contributed by atoms with Crippen LogP contribution in [-0.4, -0.2) is 16.3 Å². The van der Waals surface area contributed by atoms with E-state index in [0.717, 1.165) is 13.1 Å². The zero-order chi connectivity index (χ0) is 11.3. The summed E-state index contributed by atoms with van der Waals surface area (Å²) in [6, 6.07) is 0. The minimum Gasteiger partial charge on any atom is -0.313 e. The van der Waals surface area contributed by atoms with Crippen LogP contribution in [0.15, 0.2) is 19.0 Å². The molecule has 0 amide bonds. The van der Waals surface area contributed by atoms with Crippen LogP contribution in [0.5, 0.6) is 0 Å². The molecule has 0 aromatic carbocycles. The lowest BCUT2D eigenvalue weighted by atomic mass is 9.92. The molecular formula is C12H21N3. The summed E-state index contributed by atoms with van der Waals surface area (Å²) in [5.41, 5.74) is 1.60.